The van der Waals surface area contributed by atoms with Crippen LogP contribution in [-0.4, -0.2) is 58.7 Å². The molecular formula is C22H25FN6O2. The van der Waals surface area contributed by atoms with Crippen LogP contribution in [-0.2, 0) is 4.74 Å². The van der Waals surface area contributed by atoms with Gasteiger partial charge in [-0.05, 0) is 50.1 Å². The molecule has 0 spiro atoms. The fourth-order valence-corrected chi connectivity index (χ4v) is 3.91. The van der Waals surface area contributed by atoms with Gasteiger partial charge in [-0.25, -0.2) is 24.1 Å². The summed E-state index contributed by atoms with van der Waals surface area (Å²) < 4.78 is 19.6. The zero-order valence-electron chi connectivity index (χ0n) is 17.6. The molecule has 4 rings (SSSR count). The Balaban J connectivity index is 1.56. The van der Waals surface area contributed by atoms with Crippen molar-refractivity contribution in [3.05, 3.63) is 42.5 Å². The number of hydrogen-bond acceptors (Lipinski definition) is 7. The monoisotopic (exact) mass is 424 g/mol. The van der Waals surface area contributed by atoms with E-state index in [1.165, 1.54) is 18.5 Å². The topological polar surface area (TPSA) is 97.5 Å². The lowest BCUT2D eigenvalue weighted by Crippen LogP contribution is -2.45. The summed E-state index contributed by atoms with van der Waals surface area (Å²) in [6.07, 6.45) is 2.68. The van der Waals surface area contributed by atoms with E-state index in [4.69, 9.17) is 10.5 Å². The number of anilines is 2. The highest BCUT2D eigenvalue weighted by atomic mass is 19.1. The Morgan fingerprint density at radius 1 is 1.26 bits per heavy atom. The van der Waals surface area contributed by atoms with Gasteiger partial charge in [0.1, 0.15) is 17.7 Å². The average Bonchev–Trinajstić information content (AvgIpc) is 2.78. The molecule has 1 aliphatic rings. The number of aromatic nitrogens is 3. The molecule has 1 amide bonds. The van der Waals surface area contributed by atoms with E-state index >= 15 is 0 Å². The lowest BCUT2D eigenvalue weighted by molar-refractivity contribution is 0.0971. The van der Waals surface area contributed by atoms with Gasteiger partial charge < -0.3 is 20.3 Å². The minimum Gasteiger partial charge on any atom is -0.450 e. The number of pyridine rings is 1. The van der Waals surface area contributed by atoms with Crippen molar-refractivity contribution in [1.29, 1.82) is 0 Å². The fraction of sp³-hybridized carbons (Fsp3) is 0.364. The molecule has 0 radical (unpaired) electrons. The number of benzene rings is 1. The largest absolute Gasteiger partial charge is 0.450 e. The number of hydrogen-bond donors (Lipinski definition) is 1. The molecule has 3 aromatic rings. The number of carbonyl (C=O) groups is 1. The van der Waals surface area contributed by atoms with Crippen LogP contribution in [0.15, 0.2) is 36.7 Å². The molecule has 1 fully saturated rings. The van der Waals surface area contributed by atoms with E-state index in [1.54, 1.807) is 24.0 Å². The van der Waals surface area contributed by atoms with Gasteiger partial charge in [0.2, 0.25) is 0 Å². The van der Waals surface area contributed by atoms with E-state index in [9.17, 15) is 9.18 Å². The molecule has 3 heterocycles. The number of carbonyl (C=O) groups excluding carboxylic acids is 1. The first kappa shape index (κ1) is 20.8. The minimum absolute atomic E-state index is 0.189. The highest BCUT2D eigenvalue weighted by Crippen LogP contribution is 2.29. The molecule has 0 bridgehead atoms. The summed E-state index contributed by atoms with van der Waals surface area (Å²) in [5.41, 5.74) is 9.06. The standard InChI is InChI=1S/C22H25FN6O2/c1-3-31-22(30)29-8-6-16(7-9-29)28(2)17-11-14(10-15(23)12-17)18-4-5-19-20(27-18)21(24)26-13-25-19/h4-5,10-13,16H,3,6-9H2,1-2H3,(H2,24,25,26). The SMILES string of the molecule is CCOC(=O)N1CCC(N(C)c2cc(F)cc(-c3ccc4ncnc(N)c4n3)c2)CC1. The highest BCUT2D eigenvalue weighted by molar-refractivity contribution is 5.86. The first-order valence-electron chi connectivity index (χ1n) is 10.3. The normalized spacial score (nSPS) is 14.6. The summed E-state index contributed by atoms with van der Waals surface area (Å²) in [7, 11) is 1.95. The second kappa shape index (κ2) is 8.71. The van der Waals surface area contributed by atoms with Gasteiger partial charge in [0, 0.05) is 37.4 Å². The van der Waals surface area contributed by atoms with E-state index in [2.05, 4.69) is 19.9 Å². The van der Waals surface area contributed by atoms with Crippen LogP contribution in [0.3, 0.4) is 0 Å². The molecule has 0 unspecified atom stereocenters. The van der Waals surface area contributed by atoms with Gasteiger partial charge in [-0.1, -0.05) is 0 Å². The van der Waals surface area contributed by atoms with Crippen molar-refractivity contribution in [2.45, 2.75) is 25.8 Å². The zero-order chi connectivity index (χ0) is 22.0. The summed E-state index contributed by atoms with van der Waals surface area (Å²) in [4.78, 5) is 28.4. The maximum Gasteiger partial charge on any atom is 0.409 e. The molecule has 9 heteroatoms. The number of amides is 1. The van der Waals surface area contributed by atoms with Crippen LogP contribution in [0, 0.1) is 5.82 Å². The number of halogens is 1. The van der Waals surface area contributed by atoms with E-state index in [0.717, 1.165) is 18.5 Å². The number of nitrogens with zero attached hydrogens (tertiary/aromatic N) is 5. The van der Waals surface area contributed by atoms with Crippen molar-refractivity contribution < 1.29 is 13.9 Å². The first-order chi connectivity index (χ1) is 15.0. The van der Waals surface area contributed by atoms with Crippen molar-refractivity contribution in [1.82, 2.24) is 19.9 Å². The van der Waals surface area contributed by atoms with E-state index in [-0.39, 0.29) is 23.8 Å². The Labute approximate surface area is 179 Å². The smallest absolute Gasteiger partial charge is 0.409 e. The Kier molecular flexibility index (Phi) is 5.83. The summed E-state index contributed by atoms with van der Waals surface area (Å²) in [5, 5.41) is 0. The lowest BCUT2D eigenvalue weighted by Gasteiger charge is -2.37. The van der Waals surface area contributed by atoms with Crippen LogP contribution in [0.4, 0.5) is 20.7 Å². The van der Waals surface area contributed by atoms with Gasteiger partial charge in [0.15, 0.2) is 5.82 Å². The number of nitrogens with two attached hydrogens (primary N) is 1. The maximum absolute atomic E-state index is 14.5. The molecule has 1 aliphatic heterocycles. The molecule has 0 atom stereocenters. The third-order valence-corrected chi connectivity index (χ3v) is 5.63. The molecular weight excluding hydrogens is 399 g/mol. The minimum atomic E-state index is -0.345. The van der Waals surface area contributed by atoms with Crippen LogP contribution < -0.4 is 10.6 Å². The Morgan fingerprint density at radius 2 is 2.03 bits per heavy atom. The number of piperidine rings is 1. The molecule has 1 saturated heterocycles. The van der Waals surface area contributed by atoms with E-state index in [0.29, 0.717) is 42.0 Å². The zero-order valence-corrected chi connectivity index (χ0v) is 17.6. The van der Waals surface area contributed by atoms with Crippen molar-refractivity contribution in [3.63, 3.8) is 0 Å². The second-order valence-electron chi connectivity index (χ2n) is 7.55. The molecule has 0 saturated carbocycles. The number of fused-ring (bicyclic) bond motifs is 1. The molecule has 1 aromatic carbocycles. The van der Waals surface area contributed by atoms with Gasteiger partial charge >= 0.3 is 6.09 Å². The van der Waals surface area contributed by atoms with Gasteiger partial charge in [-0.15, -0.1) is 0 Å². The van der Waals surface area contributed by atoms with Crippen molar-refractivity contribution in [2.75, 3.05) is 37.4 Å². The van der Waals surface area contributed by atoms with E-state index < -0.39 is 0 Å². The fourth-order valence-electron chi connectivity index (χ4n) is 3.91. The van der Waals surface area contributed by atoms with E-state index in [1.807, 2.05) is 13.1 Å². The quantitative estimate of drug-likeness (QED) is 0.685. The predicted octanol–water partition coefficient (Wildman–Crippen LogP) is 3.47. The van der Waals surface area contributed by atoms with Crippen molar-refractivity contribution in [3.8, 4) is 11.3 Å². The third-order valence-electron chi connectivity index (χ3n) is 5.63. The summed E-state index contributed by atoms with van der Waals surface area (Å²) in [6, 6.07) is 8.66. The van der Waals surface area contributed by atoms with Crippen LogP contribution in [0.1, 0.15) is 19.8 Å². The number of rotatable bonds is 4. The van der Waals surface area contributed by atoms with Gasteiger partial charge in [-0.3, -0.25) is 0 Å². The molecule has 162 valence electrons. The number of nitrogen functional groups attached to an aromatic ring is 1. The molecule has 0 aliphatic carbocycles. The Hall–Kier alpha value is -3.49. The van der Waals surface area contributed by atoms with Gasteiger partial charge in [0.05, 0.1) is 17.8 Å². The summed E-state index contributed by atoms with van der Waals surface area (Å²) in [6.45, 7) is 3.39. The maximum atomic E-state index is 14.5. The van der Waals surface area contributed by atoms with Crippen molar-refractivity contribution >= 4 is 28.6 Å². The highest BCUT2D eigenvalue weighted by Gasteiger charge is 2.26. The molecule has 2 aromatic heterocycles. The summed E-state index contributed by atoms with van der Waals surface area (Å²) in [5.74, 6) is -0.0588. The predicted molar refractivity (Wildman–Crippen MR) is 117 cm³/mol. The average molecular weight is 424 g/mol. The lowest BCUT2D eigenvalue weighted by atomic mass is 10.0. The molecule has 8 nitrogen and oxygen atoms in total. The van der Waals surface area contributed by atoms with Gasteiger partial charge in [-0.2, -0.15) is 0 Å². The Morgan fingerprint density at radius 3 is 2.77 bits per heavy atom. The number of ether oxygens (including phenoxy) is 1. The van der Waals surface area contributed by atoms with Crippen LogP contribution in [0.2, 0.25) is 0 Å². The van der Waals surface area contributed by atoms with Crippen LogP contribution >= 0.6 is 0 Å². The third kappa shape index (κ3) is 4.35. The van der Waals surface area contributed by atoms with Crippen LogP contribution in [0.5, 0.6) is 0 Å². The van der Waals surface area contributed by atoms with Crippen LogP contribution in [0.25, 0.3) is 22.3 Å². The number of likely N-dealkylation sites (tertiary alicyclic amines) is 1. The van der Waals surface area contributed by atoms with Crippen molar-refractivity contribution in [2.24, 2.45) is 0 Å². The summed E-state index contributed by atoms with van der Waals surface area (Å²) >= 11 is 0. The molecule has 2 N–H and O–H groups in total. The van der Waals surface area contributed by atoms with Gasteiger partial charge in [0.25, 0.3) is 0 Å². The first-order valence-corrected chi connectivity index (χ1v) is 10.3. The molecule has 31 heavy (non-hydrogen) atoms. The Bertz CT molecular complexity index is 1100. The second-order valence-corrected chi connectivity index (χ2v) is 7.55.